The third kappa shape index (κ3) is 3.25. The van der Waals surface area contributed by atoms with Crippen molar-refractivity contribution in [3.8, 4) is 11.6 Å². The number of rotatable bonds is 5. The summed E-state index contributed by atoms with van der Waals surface area (Å²) in [4.78, 5) is 20.1. The number of benzene rings is 1. The molecule has 9 heteroatoms. The minimum Gasteiger partial charge on any atom is -0.461 e. The van der Waals surface area contributed by atoms with Crippen molar-refractivity contribution >= 4 is 23.0 Å². The highest BCUT2D eigenvalue weighted by Crippen LogP contribution is 2.20. The number of furan rings is 1. The lowest BCUT2D eigenvalue weighted by atomic mass is 10.3. The smallest absolute Gasteiger partial charge is 0.302 e. The van der Waals surface area contributed by atoms with Gasteiger partial charge in [-0.25, -0.2) is 4.39 Å². The van der Waals surface area contributed by atoms with E-state index in [1.54, 1.807) is 12.1 Å². The molecule has 4 rings (SSSR count). The van der Waals surface area contributed by atoms with E-state index in [1.807, 2.05) is 0 Å². The number of aromatic nitrogens is 3. The van der Waals surface area contributed by atoms with Gasteiger partial charge in [0.05, 0.1) is 6.26 Å². The lowest BCUT2D eigenvalue weighted by Gasteiger charge is -1.97. The van der Waals surface area contributed by atoms with Crippen molar-refractivity contribution < 1.29 is 22.5 Å². The van der Waals surface area contributed by atoms with E-state index in [2.05, 4.69) is 20.4 Å². The first-order chi connectivity index (χ1) is 12.2. The second kappa shape index (κ2) is 6.19. The number of carbonyl (C=O) groups is 1. The molecule has 0 aliphatic carbocycles. The number of aryl methyl sites for hydroxylation is 1. The summed E-state index contributed by atoms with van der Waals surface area (Å²) < 4.78 is 28.7. The summed E-state index contributed by atoms with van der Waals surface area (Å²) in [7, 11) is 0. The second-order valence-corrected chi connectivity index (χ2v) is 5.17. The Balaban J connectivity index is 1.37. The van der Waals surface area contributed by atoms with Crippen LogP contribution in [0.15, 0.2) is 50.0 Å². The molecule has 0 spiro atoms. The lowest BCUT2D eigenvalue weighted by Crippen LogP contribution is -2.12. The van der Waals surface area contributed by atoms with Gasteiger partial charge in [0.2, 0.25) is 17.6 Å². The summed E-state index contributed by atoms with van der Waals surface area (Å²) in [6, 6.07) is 7.35. The molecule has 3 aromatic heterocycles. The fourth-order valence-electron chi connectivity index (χ4n) is 2.22. The van der Waals surface area contributed by atoms with Gasteiger partial charge in [0, 0.05) is 18.9 Å². The minimum absolute atomic E-state index is 0.00686. The number of anilines is 1. The number of oxazole rings is 1. The van der Waals surface area contributed by atoms with E-state index in [0.29, 0.717) is 28.6 Å². The topological polar surface area (TPSA) is 107 Å². The van der Waals surface area contributed by atoms with Crippen LogP contribution in [0.1, 0.15) is 12.3 Å². The molecule has 0 aliphatic rings. The molecule has 0 saturated heterocycles. The highest BCUT2D eigenvalue weighted by atomic mass is 19.1. The van der Waals surface area contributed by atoms with Gasteiger partial charge in [-0.3, -0.25) is 10.1 Å². The number of carbonyl (C=O) groups excluding carboxylic acids is 1. The SMILES string of the molecule is O=C(CCc1nc(-c2ccco2)no1)Nc1nc2cc(F)ccc2o1. The standard InChI is InChI=1S/C16H11FN4O4/c17-9-3-4-11-10(8-9)18-16(24-11)19-13(22)5-6-14-20-15(21-25-14)12-2-1-7-23-12/h1-4,7-8H,5-6H2,(H,18,19,22). The summed E-state index contributed by atoms with van der Waals surface area (Å²) in [5.74, 6) is 0.341. The predicted octanol–water partition coefficient (Wildman–Crippen LogP) is 3.18. The van der Waals surface area contributed by atoms with Crippen molar-refractivity contribution in [2.75, 3.05) is 5.32 Å². The normalized spacial score (nSPS) is 11.1. The zero-order valence-electron chi connectivity index (χ0n) is 12.7. The van der Waals surface area contributed by atoms with Gasteiger partial charge in [0.1, 0.15) is 11.3 Å². The van der Waals surface area contributed by atoms with Crippen molar-refractivity contribution in [1.82, 2.24) is 15.1 Å². The van der Waals surface area contributed by atoms with Crippen LogP contribution in [0, 0.1) is 5.82 Å². The van der Waals surface area contributed by atoms with E-state index in [0.717, 1.165) is 0 Å². The molecule has 1 N–H and O–H groups in total. The van der Waals surface area contributed by atoms with Crippen LogP contribution in [0.3, 0.4) is 0 Å². The maximum atomic E-state index is 13.1. The molecule has 0 atom stereocenters. The Bertz CT molecular complexity index is 1020. The first-order valence-corrected chi connectivity index (χ1v) is 7.40. The minimum atomic E-state index is -0.428. The van der Waals surface area contributed by atoms with Crippen LogP contribution in [0.2, 0.25) is 0 Å². The third-order valence-electron chi connectivity index (χ3n) is 3.37. The van der Waals surface area contributed by atoms with Crippen LogP contribution < -0.4 is 5.32 Å². The molecular formula is C16H11FN4O4. The van der Waals surface area contributed by atoms with Crippen molar-refractivity contribution in [3.05, 3.63) is 48.3 Å². The molecule has 0 radical (unpaired) electrons. The van der Waals surface area contributed by atoms with Gasteiger partial charge >= 0.3 is 6.01 Å². The van der Waals surface area contributed by atoms with E-state index >= 15 is 0 Å². The van der Waals surface area contributed by atoms with Crippen LogP contribution >= 0.6 is 0 Å². The Morgan fingerprint density at radius 1 is 1.24 bits per heavy atom. The molecular weight excluding hydrogens is 331 g/mol. The number of halogens is 1. The molecule has 0 fully saturated rings. The Labute approximate surface area is 139 Å². The van der Waals surface area contributed by atoms with Crippen molar-refractivity contribution in [2.45, 2.75) is 12.8 Å². The molecule has 3 heterocycles. The Morgan fingerprint density at radius 3 is 3.00 bits per heavy atom. The molecule has 0 bridgehead atoms. The molecule has 25 heavy (non-hydrogen) atoms. The number of fused-ring (bicyclic) bond motifs is 1. The molecule has 0 unspecified atom stereocenters. The summed E-state index contributed by atoms with van der Waals surface area (Å²) in [5.41, 5.74) is 0.715. The van der Waals surface area contributed by atoms with Gasteiger partial charge < -0.3 is 13.4 Å². The first kappa shape index (κ1) is 15.1. The molecule has 4 aromatic rings. The van der Waals surface area contributed by atoms with Gasteiger partial charge in [-0.15, -0.1) is 0 Å². The summed E-state index contributed by atoms with van der Waals surface area (Å²) in [5, 5.41) is 6.29. The molecule has 8 nitrogen and oxygen atoms in total. The van der Waals surface area contributed by atoms with E-state index in [9.17, 15) is 9.18 Å². The van der Waals surface area contributed by atoms with Crippen LogP contribution in [0.5, 0.6) is 0 Å². The van der Waals surface area contributed by atoms with Gasteiger partial charge in [0.25, 0.3) is 0 Å². The fourth-order valence-corrected chi connectivity index (χ4v) is 2.22. The predicted molar refractivity (Wildman–Crippen MR) is 82.9 cm³/mol. The first-order valence-electron chi connectivity index (χ1n) is 7.40. The van der Waals surface area contributed by atoms with Crippen molar-refractivity contribution in [3.63, 3.8) is 0 Å². The number of hydrogen-bond donors (Lipinski definition) is 1. The number of hydrogen-bond acceptors (Lipinski definition) is 7. The van der Waals surface area contributed by atoms with E-state index in [-0.39, 0.29) is 24.8 Å². The van der Waals surface area contributed by atoms with Gasteiger partial charge in [0.15, 0.2) is 11.3 Å². The quantitative estimate of drug-likeness (QED) is 0.593. The number of nitrogens with one attached hydrogen (secondary N) is 1. The summed E-state index contributed by atoms with van der Waals surface area (Å²) >= 11 is 0. The number of amides is 1. The average molecular weight is 342 g/mol. The Kier molecular flexibility index (Phi) is 3.73. The largest absolute Gasteiger partial charge is 0.461 e. The fraction of sp³-hybridized carbons (Fsp3) is 0.125. The van der Waals surface area contributed by atoms with Crippen molar-refractivity contribution in [1.29, 1.82) is 0 Å². The van der Waals surface area contributed by atoms with Gasteiger partial charge in [-0.1, -0.05) is 5.16 Å². The highest BCUT2D eigenvalue weighted by molar-refractivity contribution is 5.90. The molecule has 126 valence electrons. The van der Waals surface area contributed by atoms with Crippen LogP contribution in [-0.4, -0.2) is 21.0 Å². The summed E-state index contributed by atoms with van der Waals surface area (Å²) in [6.45, 7) is 0. The molecule has 1 aromatic carbocycles. The molecule has 0 saturated carbocycles. The Morgan fingerprint density at radius 2 is 2.16 bits per heavy atom. The lowest BCUT2D eigenvalue weighted by molar-refractivity contribution is -0.116. The maximum absolute atomic E-state index is 13.1. The van der Waals surface area contributed by atoms with E-state index in [4.69, 9.17) is 13.4 Å². The molecule has 1 amide bonds. The third-order valence-corrected chi connectivity index (χ3v) is 3.37. The Hall–Kier alpha value is -3.49. The van der Waals surface area contributed by atoms with Crippen LogP contribution in [-0.2, 0) is 11.2 Å². The van der Waals surface area contributed by atoms with Crippen LogP contribution in [0.4, 0.5) is 10.4 Å². The van der Waals surface area contributed by atoms with Gasteiger partial charge in [-0.2, -0.15) is 9.97 Å². The zero-order valence-corrected chi connectivity index (χ0v) is 12.7. The average Bonchev–Trinajstić information content (AvgIpc) is 3.32. The summed E-state index contributed by atoms with van der Waals surface area (Å²) in [6.07, 6.45) is 1.84. The molecule has 0 aliphatic heterocycles. The van der Waals surface area contributed by atoms with Crippen molar-refractivity contribution in [2.24, 2.45) is 0 Å². The second-order valence-electron chi connectivity index (χ2n) is 5.17. The highest BCUT2D eigenvalue weighted by Gasteiger charge is 2.14. The number of nitrogens with zero attached hydrogens (tertiary/aromatic N) is 3. The monoisotopic (exact) mass is 342 g/mol. The van der Waals surface area contributed by atoms with E-state index in [1.165, 1.54) is 24.5 Å². The van der Waals surface area contributed by atoms with Crippen LogP contribution in [0.25, 0.3) is 22.7 Å². The van der Waals surface area contributed by atoms with Gasteiger partial charge in [-0.05, 0) is 24.3 Å². The zero-order chi connectivity index (χ0) is 17.2. The maximum Gasteiger partial charge on any atom is 0.302 e. The van der Waals surface area contributed by atoms with E-state index < -0.39 is 5.82 Å².